The monoisotopic (exact) mass is 293 g/mol. The van der Waals surface area contributed by atoms with Crippen LogP contribution in [0, 0.1) is 22.0 Å². The normalized spacial score (nSPS) is 23.1. The van der Waals surface area contributed by atoms with E-state index < -0.39 is 4.92 Å². The van der Waals surface area contributed by atoms with Crippen LogP contribution in [0.4, 0.5) is 11.5 Å². The Hall–Kier alpha value is -2.38. The minimum absolute atomic E-state index is 0.105. The van der Waals surface area contributed by atoms with E-state index in [-0.39, 0.29) is 17.2 Å². The Labute approximate surface area is 122 Å². The van der Waals surface area contributed by atoms with E-state index in [1.807, 2.05) is 0 Å². The summed E-state index contributed by atoms with van der Waals surface area (Å²) in [4.78, 5) is 16.7. The fourth-order valence-corrected chi connectivity index (χ4v) is 2.47. The first-order valence-corrected chi connectivity index (χ1v) is 6.82. The highest BCUT2D eigenvalue weighted by atomic mass is 16.6. The third kappa shape index (κ3) is 3.04. The molecule has 0 amide bonds. The number of nitrogens with zero attached hydrogens (tertiary/aromatic N) is 4. The van der Waals surface area contributed by atoms with E-state index in [1.54, 1.807) is 6.07 Å². The summed E-state index contributed by atoms with van der Waals surface area (Å²) < 4.78 is 0. The smallest absolute Gasteiger partial charge is 0.298 e. The van der Waals surface area contributed by atoms with Crippen LogP contribution in [0.15, 0.2) is 17.3 Å². The van der Waals surface area contributed by atoms with Crippen LogP contribution in [-0.2, 0) is 0 Å². The SMILES string of the molecule is CC1CCN(c2ccc([N+](=O)[O-])c(/C(N)=N/O)n2)CC1C. The molecule has 1 aliphatic rings. The van der Waals surface area contributed by atoms with Crippen molar-refractivity contribution in [2.75, 3.05) is 18.0 Å². The Bertz CT molecular complexity index is 575. The van der Waals surface area contributed by atoms with Gasteiger partial charge in [-0.15, -0.1) is 0 Å². The summed E-state index contributed by atoms with van der Waals surface area (Å²) in [6, 6.07) is 2.95. The number of amidine groups is 1. The van der Waals surface area contributed by atoms with Crippen LogP contribution in [-0.4, -0.2) is 34.0 Å². The summed E-state index contributed by atoms with van der Waals surface area (Å²) in [7, 11) is 0. The number of piperidine rings is 1. The number of anilines is 1. The van der Waals surface area contributed by atoms with E-state index in [9.17, 15) is 10.1 Å². The largest absolute Gasteiger partial charge is 0.409 e. The molecule has 1 aromatic rings. The van der Waals surface area contributed by atoms with Crippen molar-refractivity contribution in [3.8, 4) is 0 Å². The Balaban J connectivity index is 2.36. The predicted octanol–water partition coefficient (Wildman–Crippen LogP) is 1.57. The second-order valence-corrected chi connectivity index (χ2v) is 5.47. The molecule has 1 saturated heterocycles. The first-order valence-electron chi connectivity index (χ1n) is 6.82. The first-order chi connectivity index (χ1) is 9.93. The Morgan fingerprint density at radius 3 is 2.81 bits per heavy atom. The van der Waals surface area contributed by atoms with Crippen LogP contribution in [0.5, 0.6) is 0 Å². The summed E-state index contributed by atoms with van der Waals surface area (Å²) in [5, 5.41) is 22.6. The average Bonchev–Trinajstić information content (AvgIpc) is 2.48. The molecule has 114 valence electrons. The summed E-state index contributed by atoms with van der Waals surface area (Å²) >= 11 is 0. The number of rotatable bonds is 3. The maximum absolute atomic E-state index is 11.0. The summed E-state index contributed by atoms with van der Waals surface area (Å²) in [6.45, 7) is 6.06. The topological polar surface area (TPSA) is 118 Å². The standard InChI is InChI=1S/C13H19N5O3/c1-8-5-6-17(7-9(8)2)11-4-3-10(18(20)21)12(15-11)13(14)16-19/h3-4,8-9,19H,5-7H2,1-2H3,(H2,14,16). The second kappa shape index (κ2) is 5.94. The summed E-state index contributed by atoms with van der Waals surface area (Å²) in [5.41, 5.74) is 5.12. The van der Waals surface area contributed by atoms with Gasteiger partial charge >= 0.3 is 0 Å². The van der Waals surface area contributed by atoms with Gasteiger partial charge in [0.1, 0.15) is 5.82 Å². The molecule has 0 aliphatic carbocycles. The van der Waals surface area contributed by atoms with Gasteiger partial charge in [-0.3, -0.25) is 10.1 Å². The molecule has 0 bridgehead atoms. The number of hydrogen-bond donors (Lipinski definition) is 2. The Morgan fingerprint density at radius 2 is 2.24 bits per heavy atom. The molecule has 2 atom stereocenters. The minimum atomic E-state index is -0.592. The van der Waals surface area contributed by atoms with Crippen LogP contribution in [0.1, 0.15) is 26.0 Å². The summed E-state index contributed by atoms with van der Waals surface area (Å²) in [6.07, 6.45) is 1.04. The van der Waals surface area contributed by atoms with E-state index in [1.165, 1.54) is 6.07 Å². The lowest BCUT2D eigenvalue weighted by Crippen LogP contribution is -2.39. The highest BCUT2D eigenvalue weighted by Crippen LogP contribution is 2.28. The van der Waals surface area contributed by atoms with Gasteiger partial charge in [-0.1, -0.05) is 19.0 Å². The number of nitrogens with two attached hydrogens (primary N) is 1. The van der Waals surface area contributed by atoms with Crippen LogP contribution < -0.4 is 10.6 Å². The number of oxime groups is 1. The van der Waals surface area contributed by atoms with Crippen molar-refractivity contribution in [3.63, 3.8) is 0 Å². The van der Waals surface area contributed by atoms with Crippen molar-refractivity contribution in [3.05, 3.63) is 27.9 Å². The van der Waals surface area contributed by atoms with Crippen LogP contribution in [0.25, 0.3) is 0 Å². The van der Waals surface area contributed by atoms with Crippen LogP contribution in [0.2, 0.25) is 0 Å². The van der Waals surface area contributed by atoms with Crippen molar-refractivity contribution in [2.24, 2.45) is 22.7 Å². The molecule has 3 N–H and O–H groups in total. The predicted molar refractivity (Wildman–Crippen MR) is 78.6 cm³/mol. The van der Waals surface area contributed by atoms with Gasteiger partial charge in [-0.2, -0.15) is 0 Å². The van der Waals surface area contributed by atoms with Gasteiger partial charge in [0.15, 0.2) is 11.5 Å². The van der Waals surface area contributed by atoms with Gasteiger partial charge in [-0.25, -0.2) is 4.98 Å². The molecule has 1 fully saturated rings. The lowest BCUT2D eigenvalue weighted by Gasteiger charge is -2.36. The molecule has 1 aromatic heterocycles. The molecule has 0 spiro atoms. The van der Waals surface area contributed by atoms with Gasteiger partial charge in [0, 0.05) is 19.2 Å². The van der Waals surface area contributed by atoms with Crippen molar-refractivity contribution < 1.29 is 10.1 Å². The number of pyridine rings is 1. The third-order valence-electron chi connectivity index (χ3n) is 4.06. The maximum atomic E-state index is 11.0. The van der Waals surface area contributed by atoms with Crippen LogP contribution in [0.3, 0.4) is 0 Å². The van der Waals surface area contributed by atoms with E-state index in [0.29, 0.717) is 17.7 Å². The second-order valence-electron chi connectivity index (χ2n) is 5.47. The quantitative estimate of drug-likeness (QED) is 0.287. The summed E-state index contributed by atoms with van der Waals surface area (Å²) in [5.74, 6) is 1.41. The molecule has 0 radical (unpaired) electrons. The van der Waals surface area contributed by atoms with Crippen molar-refractivity contribution in [1.82, 2.24) is 4.98 Å². The van der Waals surface area contributed by atoms with Gasteiger partial charge < -0.3 is 15.8 Å². The maximum Gasteiger partial charge on any atom is 0.298 e. The molecule has 2 heterocycles. The zero-order chi connectivity index (χ0) is 15.6. The average molecular weight is 293 g/mol. The Morgan fingerprint density at radius 1 is 1.52 bits per heavy atom. The fraction of sp³-hybridized carbons (Fsp3) is 0.538. The number of aromatic nitrogens is 1. The molecule has 8 nitrogen and oxygen atoms in total. The molecular formula is C13H19N5O3. The first kappa shape index (κ1) is 15.0. The molecule has 2 rings (SSSR count). The Kier molecular flexibility index (Phi) is 4.25. The van der Waals surface area contributed by atoms with Crippen LogP contribution >= 0.6 is 0 Å². The number of nitro groups is 1. The van der Waals surface area contributed by atoms with Gasteiger partial charge in [0.25, 0.3) is 5.69 Å². The number of hydrogen-bond acceptors (Lipinski definition) is 6. The molecule has 1 aliphatic heterocycles. The molecule has 0 aromatic carbocycles. The molecule has 0 saturated carbocycles. The third-order valence-corrected chi connectivity index (χ3v) is 4.06. The van der Waals surface area contributed by atoms with Gasteiger partial charge in [-0.05, 0) is 24.3 Å². The van der Waals surface area contributed by atoms with E-state index in [2.05, 4.69) is 28.9 Å². The highest BCUT2D eigenvalue weighted by Gasteiger charge is 2.26. The molecular weight excluding hydrogens is 274 g/mol. The fourth-order valence-electron chi connectivity index (χ4n) is 2.47. The highest BCUT2D eigenvalue weighted by molar-refractivity contribution is 5.99. The lowest BCUT2D eigenvalue weighted by molar-refractivity contribution is -0.385. The van der Waals surface area contributed by atoms with Gasteiger partial charge in [0.05, 0.1) is 4.92 Å². The molecule has 21 heavy (non-hydrogen) atoms. The zero-order valence-electron chi connectivity index (χ0n) is 12.1. The molecule has 2 unspecified atom stereocenters. The lowest BCUT2D eigenvalue weighted by atomic mass is 9.89. The van der Waals surface area contributed by atoms with Gasteiger partial charge in [0.2, 0.25) is 0 Å². The van der Waals surface area contributed by atoms with E-state index in [4.69, 9.17) is 10.9 Å². The van der Waals surface area contributed by atoms with E-state index >= 15 is 0 Å². The van der Waals surface area contributed by atoms with Crippen molar-refractivity contribution in [2.45, 2.75) is 20.3 Å². The minimum Gasteiger partial charge on any atom is -0.409 e. The zero-order valence-corrected chi connectivity index (χ0v) is 12.1. The molecule has 8 heteroatoms. The van der Waals surface area contributed by atoms with Crippen molar-refractivity contribution in [1.29, 1.82) is 0 Å². The van der Waals surface area contributed by atoms with E-state index in [0.717, 1.165) is 19.5 Å². The van der Waals surface area contributed by atoms with Crippen molar-refractivity contribution >= 4 is 17.3 Å².